The summed E-state index contributed by atoms with van der Waals surface area (Å²) >= 11 is 5.06. The molecule has 0 rings (SSSR count). The highest BCUT2D eigenvalue weighted by atomic mass is 35.5. The molecule has 0 aliphatic heterocycles. The first-order chi connectivity index (χ1) is 4.91. The van der Waals surface area contributed by atoms with Gasteiger partial charge in [0.05, 0.1) is 0 Å². The van der Waals surface area contributed by atoms with E-state index in [2.05, 4.69) is 11.3 Å². The smallest absolute Gasteiger partial charge is 0.108 e. The van der Waals surface area contributed by atoms with Crippen LogP contribution >= 0.6 is 11.6 Å². The monoisotopic (exact) mass is 162 g/mol. The van der Waals surface area contributed by atoms with Crippen molar-refractivity contribution in [3.05, 3.63) is 0 Å². The highest BCUT2D eigenvalue weighted by molar-refractivity contribution is 6.30. The Hall–Kier alpha value is -0.230. The molecule has 0 atom stereocenters. The summed E-state index contributed by atoms with van der Waals surface area (Å²) in [5.74, 6) is 2.56. The number of halogens is 1. The van der Waals surface area contributed by atoms with Crippen LogP contribution in [0, 0.1) is 11.3 Å². The Morgan fingerprint density at radius 3 is 2.80 bits per heavy atom. The normalized spacial score (nSPS) is 8.60. The van der Waals surface area contributed by atoms with Crippen molar-refractivity contribution in [1.29, 1.82) is 0 Å². The lowest BCUT2D eigenvalue weighted by Gasteiger charge is -1.96. The molecule has 3 heteroatoms. The highest BCUT2D eigenvalue weighted by Crippen LogP contribution is 1.87. The summed E-state index contributed by atoms with van der Waals surface area (Å²) in [6.45, 7) is 1.26. The fraction of sp³-hybridized carbons (Fsp3) is 0.714. The van der Waals surface area contributed by atoms with Gasteiger partial charge in [-0.25, -0.2) is 0 Å². The molecule has 0 aliphatic rings. The largest absolute Gasteiger partial charge is 0.396 e. The Balaban J connectivity index is 2.82. The zero-order valence-electron chi connectivity index (χ0n) is 5.77. The van der Waals surface area contributed by atoms with Crippen LogP contribution in [0.1, 0.15) is 12.8 Å². The maximum atomic E-state index is 8.36. The Labute approximate surface area is 66.1 Å². The van der Waals surface area contributed by atoms with E-state index < -0.39 is 0 Å². The van der Waals surface area contributed by atoms with Crippen LogP contribution in [-0.2, 0) is 4.74 Å². The van der Waals surface area contributed by atoms with Crippen LogP contribution in [0.2, 0.25) is 0 Å². The van der Waals surface area contributed by atoms with Crippen LogP contribution in [0.15, 0.2) is 0 Å². The first-order valence-corrected chi connectivity index (χ1v) is 3.56. The van der Waals surface area contributed by atoms with Gasteiger partial charge in [0, 0.05) is 18.6 Å². The minimum atomic E-state index is 0.227. The molecule has 0 fully saturated rings. The van der Waals surface area contributed by atoms with E-state index >= 15 is 0 Å². The number of ether oxygens (including phenoxy) is 1. The van der Waals surface area contributed by atoms with Crippen molar-refractivity contribution in [2.75, 3.05) is 19.8 Å². The van der Waals surface area contributed by atoms with Gasteiger partial charge in [-0.2, -0.15) is 0 Å². The molecule has 0 aromatic carbocycles. The van der Waals surface area contributed by atoms with Crippen LogP contribution in [-0.4, -0.2) is 24.9 Å². The van der Waals surface area contributed by atoms with Crippen LogP contribution in [0.4, 0.5) is 0 Å². The topological polar surface area (TPSA) is 29.5 Å². The predicted molar refractivity (Wildman–Crippen MR) is 40.8 cm³/mol. The van der Waals surface area contributed by atoms with Gasteiger partial charge in [-0.05, 0) is 24.4 Å². The summed E-state index contributed by atoms with van der Waals surface area (Å²) in [7, 11) is 0. The fourth-order valence-electron chi connectivity index (χ4n) is 0.466. The van der Waals surface area contributed by atoms with Crippen molar-refractivity contribution in [1.82, 2.24) is 0 Å². The lowest BCUT2D eigenvalue weighted by atomic mass is 10.3. The second-order valence-electron chi connectivity index (χ2n) is 1.75. The average Bonchev–Trinajstić information content (AvgIpc) is 1.97. The second-order valence-corrected chi connectivity index (χ2v) is 1.94. The van der Waals surface area contributed by atoms with Gasteiger partial charge in [0.25, 0.3) is 0 Å². The predicted octanol–water partition coefficient (Wildman–Crippen LogP) is 0.975. The summed E-state index contributed by atoms with van der Waals surface area (Å²) < 4.78 is 5.01. The van der Waals surface area contributed by atoms with Gasteiger partial charge in [-0.1, -0.05) is 5.92 Å². The Morgan fingerprint density at radius 1 is 1.40 bits per heavy atom. The number of aliphatic hydroxyl groups is 1. The third-order valence-corrected chi connectivity index (χ3v) is 1.07. The molecule has 0 spiro atoms. The third-order valence-electron chi connectivity index (χ3n) is 0.938. The quantitative estimate of drug-likeness (QED) is 0.482. The van der Waals surface area contributed by atoms with Crippen LogP contribution in [0.3, 0.4) is 0 Å². The summed E-state index contributed by atoms with van der Waals surface area (Å²) in [5.41, 5.74) is 0. The number of hydrogen-bond acceptors (Lipinski definition) is 2. The van der Waals surface area contributed by atoms with Crippen molar-refractivity contribution < 1.29 is 9.84 Å². The number of hydrogen-bond donors (Lipinski definition) is 1. The van der Waals surface area contributed by atoms with Crippen molar-refractivity contribution in [3.63, 3.8) is 0 Å². The van der Waals surface area contributed by atoms with Crippen LogP contribution in [0.25, 0.3) is 0 Å². The van der Waals surface area contributed by atoms with Gasteiger partial charge >= 0.3 is 0 Å². The maximum Gasteiger partial charge on any atom is 0.108 e. The second kappa shape index (κ2) is 8.77. The molecule has 0 radical (unpaired) electrons. The summed E-state index contributed by atoms with van der Waals surface area (Å²) in [5, 5.41) is 10.6. The third kappa shape index (κ3) is 7.77. The molecule has 0 aliphatic carbocycles. The van der Waals surface area contributed by atoms with Crippen molar-refractivity contribution in [2.45, 2.75) is 12.8 Å². The molecule has 10 heavy (non-hydrogen) atoms. The Bertz CT molecular complexity index is 115. The van der Waals surface area contributed by atoms with E-state index in [9.17, 15) is 0 Å². The number of rotatable bonds is 5. The highest BCUT2D eigenvalue weighted by Gasteiger charge is 1.84. The van der Waals surface area contributed by atoms with E-state index in [1.807, 2.05) is 0 Å². The van der Waals surface area contributed by atoms with E-state index in [0.717, 1.165) is 12.8 Å². The van der Waals surface area contributed by atoms with Crippen molar-refractivity contribution in [2.24, 2.45) is 0 Å². The van der Waals surface area contributed by atoms with E-state index in [1.165, 1.54) is 0 Å². The molecule has 58 valence electrons. The minimum absolute atomic E-state index is 0.227. The molecule has 0 saturated heterocycles. The van der Waals surface area contributed by atoms with Gasteiger partial charge < -0.3 is 9.84 Å². The van der Waals surface area contributed by atoms with Gasteiger partial charge in [0.15, 0.2) is 0 Å². The fourth-order valence-corrected chi connectivity index (χ4v) is 0.521. The molecular weight excluding hydrogens is 152 g/mol. The summed E-state index contributed by atoms with van der Waals surface area (Å²) in [6, 6.07) is 0. The summed E-state index contributed by atoms with van der Waals surface area (Å²) in [4.78, 5) is 0. The van der Waals surface area contributed by atoms with E-state index in [-0.39, 0.29) is 6.61 Å². The first-order valence-electron chi connectivity index (χ1n) is 3.19. The van der Waals surface area contributed by atoms with E-state index in [1.54, 1.807) is 0 Å². The molecule has 0 amide bonds. The number of unbranched alkanes of at least 4 members (excludes halogenated alkanes) is 1. The minimum Gasteiger partial charge on any atom is -0.396 e. The maximum absolute atomic E-state index is 8.36. The van der Waals surface area contributed by atoms with Crippen LogP contribution in [0.5, 0.6) is 0 Å². The Morgan fingerprint density at radius 2 is 2.20 bits per heavy atom. The molecule has 0 unspecified atom stereocenters. The van der Waals surface area contributed by atoms with Gasteiger partial charge in [0.1, 0.15) is 6.61 Å². The first kappa shape index (κ1) is 9.77. The SMILES string of the molecule is OCCCCOCC#CCl. The zero-order chi connectivity index (χ0) is 7.66. The molecule has 0 bridgehead atoms. The average molecular weight is 163 g/mol. The number of aliphatic hydroxyl groups excluding tert-OH is 1. The molecule has 2 nitrogen and oxygen atoms in total. The van der Waals surface area contributed by atoms with E-state index in [4.69, 9.17) is 21.4 Å². The standard InChI is InChI=1S/C7H11ClO2/c8-4-3-7-10-6-2-1-5-9/h9H,1-2,5-7H2. The zero-order valence-corrected chi connectivity index (χ0v) is 6.52. The molecule has 0 aromatic rings. The van der Waals surface area contributed by atoms with Crippen LogP contribution < -0.4 is 0 Å². The Kier molecular flexibility index (Phi) is 8.57. The lowest BCUT2D eigenvalue weighted by molar-refractivity contribution is 0.154. The summed E-state index contributed by atoms with van der Waals surface area (Å²) in [6.07, 6.45) is 1.66. The van der Waals surface area contributed by atoms with E-state index in [0.29, 0.717) is 13.2 Å². The molecule has 0 aromatic heterocycles. The molecule has 0 heterocycles. The van der Waals surface area contributed by atoms with Crippen molar-refractivity contribution in [3.8, 4) is 11.3 Å². The molecular formula is C7H11ClO2. The lowest BCUT2D eigenvalue weighted by Crippen LogP contribution is -1.95. The van der Waals surface area contributed by atoms with Crippen molar-refractivity contribution >= 4 is 11.6 Å². The molecule has 1 N–H and O–H groups in total. The van der Waals surface area contributed by atoms with Gasteiger partial charge in [-0.15, -0.1) is 0 Å². The van der Waals surface area contributed by atoms with Gasteiger partial charge in [0.2, 0.25) is 0 Å². The van der Waals surface area contributed by atoms with Gasteiger partial charge in [-0.3, -0.25) is 0 Å². The molecule has 0 saturated carbocycles.